The van der Waals surface area contributed by atoms with Crippen molar-refractivity contribution >= 4 is 17.5 Å². The minimum Gasteiger partial charge on any atom is -0.477 e. The number of aromatic carboxylic acids is 1. The van der Waals surface area contributed by atoms with Crippen LogP contribution in [0, 0.1) is 0 Å². The number of carbonyl (C=O) groups is 1. The molecule has 0 amide bonds. The lowest BCUT2D eigenvalue weighted by Gasteiger charge is -2.03. The smallest absolute Gasteiger partial charge is 0.349 e. The summed E-state index contributed by atoms with van der Waals surface area (Å²) in [7, 11) is 0. The molecule has 98 valence electrons. The molecule has 0 aliphatic rings. The number of hydrogen-bond acceptors (Lipinski definition) is 4. The van der Waals surface area contributed by atoms with Gasteiger partial charge < -0.3 is 5.11 Å². The Morgan fingerprint density at radius 3 is 2.15 bits per heavy atom. The van der Waals surface area contributed by atoms with Gasteiger partial charge in [0.05, 0.1) is 0 Å². The largest absolute Gasteiger partial charge is 0.477 e. The third kappa shape index (κ3) is 2.31. The fourth-order valence-electron chi connectivity index (χ4n) is 1.97. The molecule has 0 bridgehead atoms. The van der Waals surface area contributed by atoms with Gasteiger partial charge in [-0.3, -0.25) is 0 Å². The van der Waals surface area contributed by atoms with E-state index >= 15 is 0 Å². The summed E-state index contributed by atoms with van der Waals surface area (Å²) < 4.78 is 3.71. The summed E-state index contributed by atoms with van der Waals surface area (Å²) >= 11 is 0.892. The van der Waals surface area contributed by atoms with Gasteiger partial charge in [0.1, 0.15) is 5.69 Å². The predicted molar refractivity (Wildman–Crippen MR) is 77.7 cm³/mol. The Hall–Kier alpha value is -2.53. The van der Waals surface area contributed by atoms with Crippen LogP contribution in [0.25, 0.3) is 22.4 Å². The molecule has 1 aromatic heterocycles. The van der Waals surface area contributed by atoms with Crippen LogP contribution in [0.2, 0.25) is 0 Å². The minimum absolute atomic E-state index is 0.164. The standard InChI is InChI=1S/C15H10N2O2S/c18-15(19)14-13(16-17-20-14)12-8-6-11(7-9-12)10-4-2-1-3-5-10/h1-9H,(H,18,19). The average Bonchev–Trinajstić information content (AvgIpc) is 2.98. The first-order chi connectivity index (χ1) is 9.75. The van der Waals surface area contributed by atoms with Crippen LogP contribution in [0.5, 0.6) is 0 Å². The normalized spacial score (nSPS) is 10.4. The Morgan fingerprint density at radius 1 is 0.900 bits per heavy atom. The SMILES string of the molecule is O=C(O)c1snnc1-c1ccc(-c2ccccc2)cc1. The number of aromatic nitrogens is 2. The van der Waals surface area contributed by atoms with Crippen molar-refractivity contribution in [2.75, 3.05) is 0 Å². The zero-order valence-electron chi connectivity index (χ0n) is 10.4. The maximum Gasteiger partial charge on any atom is 0.349 e. The summed E-state index contributed by atoms with van der Waals surface area (Å²) in [5.41, 5.74) is 3.38. The van der Waals surface area contributed by atoms with Crippen molar-refractivity contribution < 1.29 is 9.90 Å². The molecule has 0 aliphatic heterocycles. The van der Waals surface area contributed by atoms with Crippen LogP contribution >= 0.6 is 11.5 Å². The van der Waals surface area contributed by atoms with Gasteiger partial charge in [-0.05, 0) is 22.7 Å². The van der Waals surface area contributed by atoms with Crippen LogP contribution in [0.4, 0.5) is 0 Å². The lowest BCUT2D eigenvalue weighted by atomic mass is 10.0. The lowest BCUT2D eigenvalue weighted by Crippen LogP contribution is -1.95. The average molecular weight is 282 g/mol. The minimum atomic E-state index is -0.998. The molecule has 3 aromatic rings. The Morgan fingerprint density at radius 2 is 1.50 bits per heavy atom. The Labute approximate surface area is 119 Å². The van der Waals surface area contributed by atoms with Crippen molar-refractivity contribution in [2.45, 2.75) is 0 Å². The molecule has 5 heteroatoms. The van der Waals surface area contributed by atoms with Gasteiger partial charge >= 0.3 is 5.97 Å². The van der Waals surface area contributed by atoms with Crippen molar-refractivity contribution in [1.82, 2.24) is 9.59 Å². The molecule has 0 unspecified atom stereocenters. The molecule has 4 nitrogen and oxygen atoms in total. The molecule has 0 spiro atoms. The van der Waals surface area contributed by atoms with Crippen LogP contribution in [0.1, 0.15) is 9.67 Å². The molecule has 0 atom stereocenters. The molecule has 1 heterocycles. The van der Waals surface area contributed by atoms with Crippen molar-refractivity contribution in [2.24, 2.45) is 0 Å². The summed E-state index contributed by atoms with van der Waals surface area (Å²) in [6, 6.07) is 17.6. The van der Waals surface area contributed by atoms with Gasteiger partial charge in [0.2, 0.25) is 0 Å². The van der Waals surface area contributed by atoms with E-state index in [2.05, 4.69) is 9.59 Å². The second kappa shape index (κ2) is 5.22. The van der Waals surface area contributed by atoms with Crippen LogP contribution in [0.3, 0.4) is 0 Å². The van der Waals surface area contributed by atoms with Crippen LogP contribution in [-0.4, -0.2) is 20.7 Å². The molecule has 20 heavy (non-hydrogen) atoms. The number of nitrogens with zero attached hydrogens (tertiary/aromatic N) is 2. The highest BCUT2D eigenvalue weighted by molar-refractivity contribution is 7.08. The van der Waals surface area contributed by atoms with E-state index in [4.69, 9.17) is 5.11 Å². The van der Waals surface area contributed by atoms with Gasteiger partial charge in [0, 0.05) is 5.56 Å². The maximum atomic E-state index is 11.1. The summed E-state index contributed by atoms with van der Waals surface area (Å²) in [6.45, 7) is 0. The van der Waals surface area contributed by atoms with E-state index in [0.717, 1.165) is 28.2 Å². The zero-order chi connectivity index (χ0) is 13.9. The summed E-state index contributed by atoms with van der Waals surface area (Å²) in [4.78, 5) is 11.2. The van der Waals surface area contributed by atoms with Crippen molar-refractivity contribution in [3.8, 4) is 22.4 Å². The highest BCUT2D eigenvalue weighted by Gasteiger charge is 2.16. The first-order valence-corrected chi connectivity index (χ1v) is 6.74. The molecule has 0 saturated heterocycles. The van der Waals surface area contributed by atoms with Gasteiger partial charge in [-0.2, -0.15) is 0 Å². The quantitative estimate of drug-likeness (QED) is 0.797. The van der Waals surface area contributed by atoms with Crippen LogP contribution < -0.4 is 0 Å². The van der Waals surface area contributed by atoms with E-state index < -0.39 is 5.97 Å². The monoisotopic (exact) mass is 282 g/mol. The summed E-state index contributed by atoms with van der Waals surface area (Å²) in [5.74, 6) is -0.998. The fraction of sp³-hybridized carbons (Fsp3) is 0. The van der Waals surface area contributed by atoms with Crippen molar-refractivity contribution in [1.29, 1.82) is 0 Å². The molecule has 0 fully saturated rings. The van der Waals surface area contributed by atoms with E-state index in [1.54, 1.807) is 0 Å². The number of hydrogen-bond donors (Lipinski definition) is 1. The van der Waals surface area contributed by atoms with E-state index in [1.807, 2.05) is 54.6 Å². The molecule has 0 saturated carbocycles. The van der Waals surface area contributed by atoms with Crippen molar-refractivity contribution in [3.63, 3.8) is 0 Å². The molecule has 0 radical (unpaired) electrons. The van der Waals surface area contributed by atoms with Crippen LogP contribution in [-0.2, 0) is 0 Å². The first kappa shape index (κ1) is 12.5. The predicted octanol–water partition coefficient (Wildman–Crippen LogP) is 3.57. The number of benzene rings is 2. The maximum absolute atomic E-state index is 11.1. The zero-order valence-corrected chi connectivity index (χ0v) is 11.2. The van der Waals surface area contributed by atoms with Gasteiger partial charge in [-0.1, -0.05) is 59.1 Å². The van der Waals surface area contributed by atoms with E-state index in [1.165, 1.54) is 0 Å². The van der Waals surface area contributed by atoms with Crippen molar-refractivity contribution in [3.05, 3.63) is 59.5 Å². The summed E-state index contributed by atoms with van der Waals surface area (Å²) in [5, 5.41) is 13.0. The lowest BCUT2D eigenvalue weighted by molar-refractivity contribution is 0.0702. The second-order valence-corrected chi connectivity index (χ2v) is 4.95. The van der Waals surface area contributed by atoms with E-state index in [9.17, 15) is 4.79 Å². The third-order valence-corrected chi connectivity index (χ3v) is 3.66. The summed E-state index contributed by atoms with van der Waals surface area (Å²) in [6.07, 6.45) is 0. The highest BCUT2D eigenvalue weighted by atomic mass is 32.1. The number of carboxylic acid groups (broad SMARTS) is 1. The molecule has 0 aliphatic carbocycles. The van der Waals surface area contributed by atoms with Crippen LogP contribution in [0.15, 0.2) is 54.6 Å². The second-order valence-electron chi connectivity index (χ2n) is 4.20. The van der Waals surface area contributed by atoms with Gasteiger partial charge in [0.25, 0.3) is 0 Å². The first-order valence-electron chi connectivity index (χ1n) is 5.97. The Bertz CT molecular complexity index is 736. The van der Waals surface area contributed by atoms with E-state index in [-0.39, 0.29) is 4.88 Å². The third-order valence-electron chi connectivity index (χ3n) is 2.95. The molecule has 1 N–H and O–H groups in total. The number of rotatable bonds is 3. The highest BCUT2D eigenvalue weighted by Crippen LogP contribution is 2.27. The molecular weight excluding hydrogens is 272 g/mol. The molecule has 3 rings (SSSR count). The fourth-order valence-corrected chi connectivity index (χ4v) is 2.50. The topological polar surface area (TPSA) is 63.1 Å². The van der Waals surface area contributed by atoms with Gasteiger partial charge in [0.15, 0.2) is 4.88 Å². The Balaban J connectivity index is 1.98. The van der Waals surface area contributed by atoms with Gasteiger partial charge in [-0.25, -0.2) is 4.79 Å². The Kier molecular flexibility index (Phi) is 3.26. The molecule has 2 aromatic carbocycles. The molecular formula is C15H10N2O2S. The number of carboxylic acids is 1. The van der Waals surface area contributed by atoms with E-state index in [0.29, 0.717) is 5.69 Å². The van der Waals surface area contributed by atoms with Gasteiger partial charge in [-0.15, -0.1) is 5.10 Å².